The van der Waals surface area contributed by atoms with E-state index in [0.717, 1.165) is 4.88 Å². The van der Waals surface area contributed by atoms with E-state index >= 15 is 0 Å². The minimum Gasteiger partial charge on any atom is -0.493 e. The highest BCUT2D eigenvalue weighted by atomic mass is 32.1. The van der Waals surface area contributed by atoms with Crippen molar-refractivity contribution in [3.8, 4) is 11.5 Å². The first-order chi connectivity index (χ1) is 18.3. The average Bonchev–Trinajstić information content (AvgIpc) is 3.45. The van der Waals surface area contributed by atoms with Gasteiger partial charge in [0.1, 0.15) is 0 Å². The Morgan fingerprint density at radius 3 is 2.55 bits per heavy atom. The summed E-state index contributed by atoms with van der Waals surface area (Å²) in [5, 5.41) is 4.83. The standard InChI is InChI=1S/C27H34N4O6S/c1-6-37-26(33)22-19(16-30-12-13-31(17(2)15-30)25(32)21-11-8-14-38-21)29(3)27(34)28-23(22)18-9-7-10-20(35-4)24(18)36-5/h7-11,14,17,23H,6,12-13,15-16H2,1-5H3,(H,28,34). The van der Waals surface area contributed by atoms with Gasteiger partial charge in [-0.2, -0.15) is 0 Å². The Bertz CT molecular complexity index is 1210. The fourth-order valence-corrected chi connectivity index (χ4v) is 5.68. The zero-order chi connectivity index (χ0) is 27.4. The highest BCUT2D eigenvalue weighted by molar-refractivity contribution is 7.12. The van der Waals surface area contributed by atoms with Gasteiger partial charge in [-0.3, -0.25) is 14.6 Å². The van der Waals surface area contributed by atoms with E-state index in [4.69, 9.17) is 14.2 Å². The lowest BCUT2D eigenvalue weighted by Crippen LogP contribution is -2.56. The first-order valence-corrected chi connectivity index (χ1v) is 13.4. The molecule has 2 atom stereocenters. The van der Waals surface area contributed by atoms with Gasteiger partial charge in [0.2, 0.25) is 0 Å². The molecule has 0 spiro atoms. The summed E-state index contributed by atoms with van der Waals surface area (Å²) in [5.41, 5.74) is 1.48. The number of rotatable bonds is 8. The zero-order valence-electron chi connectivity index (χ0n) is 22.4. The van der Waals surface area contributed by atoms with Crippen molar-refractivity contribution in [1.82, 2.24) is 20.0 Å². The molecule has 10 nitrogen and oxygen atoms in total. The summed E-state index contributed by atoms with van der Waals surface area (Å²) in [6.07, 6.45) is 0. The fourth-order valence-electron chi connectivity index (χ4n) is 5.00. The van der Waals surface area contributed by atoms with E-state index in [0.29, 0.717) is 54.5 Å². The second-order valence-corrected chi connectivity index (χ2v) is 10.1. The number of nitrogens with one attached hydrogen (secondary N) is 1. The van der Waals surface area contributed by atoms with Gasteiger partial charge in [0.25, 0.3) is 5.91 Å². The maximum Gasteiger partial charge on any atom is 0.338 e. The molecule has 2 unspecified atom stereocenters. The first kappa shape index (κ1) is 27.5. The fraction of sp³-hybridized carbons (Fsp3) is 0.444. The van der Waals surface area contributed by atoms with Crippen LogP contribution in [0.1, 0.15) is 35.1 Å². The molecule has 3 heterocycles. The summed E-state index contributed by atoms with van der Waals surface area (Å²) in [6, 6.07) is 7.87. The van der Waals surface area contributed by atoms with Gasteiger partial charge < -0.3 is 24.4 Å². The number of urea groups is 1. The minimum absolute atomic E-state index is 0.0259. The van der Waals surface area contributed by atoms with E-state index < -0.39 is 12.0 Å². The molecular formula is C27H34N4O6S. The SMILES string of the molecule is CCOC(=O)C1=C(CN2CCN(C(=O)c3cccs3)C(C)C2)N(C)C(=O)NC1c1cccc(OC)c1OC. The van der Waals surface area contributed by atoms with Crippen LogP contribution >= 0.6 is 11.3 Å². The van der Waals surface area contributed by atoms with E-state index in [1.54, 1.807) is 32.2 Å². The Kier molecular flexibility index (Phi) is 8.58. The predicted molar refractivity (Wildman–Crippen MR) is 143 cm³/mol. The Balaban J connectivity index is 1.67. The number of para-hydroxylation sites is 1. The molecule has 1 N–H and O–H groups in total. The minimum atomic E-state index is -0.795. The number of thiophene rings is 1. The number of ether oxygens (including phenoxy) is 3. The molecule has 0 aliphatic carbocycles. The smallest absolute Gasteiger partial charge is 0.338 e. The van der Waals surface area contributed by atoms with Crippen LogP contribution in [0.4, 0.5) is 4.79 Å². The lowest BCUT2D eigenvalue weighted by Gasteiger charge is -2.42. The van der Waals surface area contributed by atoms with Crippen LogP contribution in [0.5, 0.6) is 11.5 Å². The van der Waals surface area contributed by atoms with E-state index in [9.17, 15) is 14.4 Å². The third-order valence-electron chi connectivity index (χ3n) is 6.89. The number of amides is 3. The first-order valence-electron chi connectivity index (χ1n) is 12.5. The molecule has 4 rings (SSSR count). The van der Waals surface area contributed by atoms with Crippen molar-refractivity contribution in [3.05, 3.63) is 57.4 Å². The molecule has 38 heavy (non-hydrogen) atoms. The van der Waals surface area contributed by atoms with Gasteiger partial charge in [-0.05, 0) is 31.4 Å². The highest BCUT2D eigenvalue weighted by Gasteiger charge is 2.40. The van der Waals surface area contributed by atoms with Gasteiger partial charge in [0, 0.05) is 50.5 Å². The maximum atomic E-state index is 13.4. The Labute approximate surface area is 226 Å². The largest absolute Gasteiger partial charge is 0.493 e. The second-order valence-electron chi connectivity index (χ2n) is 9.17. The van der Waals surface area contributed by atoms with Gasteiger partial charge in [0.15, 0.2) is 11.5 Å². The maximum absolute atomic E-state index is 13.4. The number of hydrogen-bond donors (Lipinski definition) is 1. The van der Waals surface area contributed by atoms with Crippen LogP contribution < -0.4 is 14.8 Å². The highest BCUT2D eigenvalue weighted by Crippen LogP contribution is 2.40. The third-order valence-corrected chi connectivity index (χ3v) is 7.75. The molecule has 1 saturated heterocycles. The Hall–Kier alpha value is -3.57. The van der Waals surface area contributed by atoms with Gasteiger partial charge in [-0.1, -0.05) is 18.2 Å². The number of likely N-dealkylation sites (N-methyl/N-ethyl adjacent to an activating group) is 1. The summed E-state index contributed by atoms with van der Waals surface area (Å²) < 4.78 is 16.5. The van der Waals surface area contributed by atoms with Crippen molar-refractivity contribution in [2.45, 2.75) is 25.9 Å². The van der Waals surface area contributed by atoms with Crippen molar-refractivity contribution in [2.24, 2.45) is 0 Å². The van der Waals surface area contributed by atoms with Gasteiger partial charge in [-0.15, -0.1) is 11.3 Å². The molecular weight excluding hydrogens is 508 g/mol. The molecule has 2 aromatic rings. The van der Waals surface area contributed by atoms with E-state index in [2.05, 4.69) is 10.2 Å². The average molecular weight is 543 g/mol. The molecule has 1 fully saturated rings. The van der Waals surface area contributed by atoms with Gasteiger partial charge >= 0.3 is 12.0 Å². The lowest BCUT2D eigenvalue weighted by molar-refractivity contribution is -0.139. The quantitative estimate of drug-likeness (QED) is 0.512. The summed E-state index contributed by atoms with van der Waals surface area (Å²) in [5.74, 6) is 0.435. The van der Waals surface area contributed by atoms with Crippen LogP contribution in [0.25, 0.3) is 0 Å². The van der Waals surface area contributed by atoms with Crippen molar-refractivity contribution < 1.29 is 28.6 Å². The molecule has 3 amide bonds. The normalized spacial score (nSPS) is 20.3. The number of benzene rings is 1. The van der Waals surface area contributed by atoms with Crippen molar-refractivity contribution in [1.29, 1.82) is 0 Å². The zero-order valence-corrected chi connectivity index (χ0v) is 23.2. The number of nitrogens with zero attached hydrogens (tertiary/aromatic N) is 3. The van der Waals surface area contributed by atoms with Crippen LogP contribution in [0.15, 0.2) is 47.0 Å². The Morgan fingerprint density at radius 2 is 1.92 bits per heavy atom. The van der Waals surface area contributed by atoms with Crippen LogP contribution in [0.3, 0.4) is 0 Å². The molecule has 1 aromatic heterocycles. The molecule has 0 bridgehead atoms. The number of esters is 1. The Morgan fingerprint density at radius 1 is 1.13 bits per heavy atom. The monoisotopic (exact) mass is 542 g/mol. The van der Waals surface area contributed by atoms with E-state index in [1.807, 2.05) is 29.3 Å². The van der Waals surface area contributed by atoms with Crippen LogP contribution in [0.2, 0.25) is 0 Å². The predicted octanol–water partition coefficient (Wildman–Crippen LogP) is 3.13. The molecule has 0 saturated carbocycles. The molecule has 2 aliphatic rings. The van der Waals surface area contributed by atoms with E-state index in [1.165, 1.54) is 30.5 Å². The van der Waals surface area contributed by atoms with Crippen molar-refractivity contribution in [3.63, 3.8) is 0 Å². The molecule has 0 radical (unpaired) electrons. The van der Waals surface area contributed by atoms with Crippen molar-refractivity contribution >= 4 is 29.2 Å². The van der Waals surface area contributed by atoms with Crippen LogP contribution in [0, 0.1) is 0 Å². The summed E-state index contributed by atoms with van der Waals surface area (Å²) in [4.78, 5) is 45.7. The molecule has 1 aromatic carbocycles. The molecule has 204 valence electrons. The number of carbonyl (C=O) groups excluding carboxylic acids is 3. The lowest BCUT2D eigenvalue weighted by atomic mass is 9.93. The van der Waals surface area contributed by atoms with E-state index in [-0.39, 0.29) is 24.6 Å². The number of hydrogen-bond acceptors (Lipinski definition) is 8. The molecule has 2 aliphatic heterocycles. The third kappa shape index (κ3) is 5.34. The summed E-state index contributed by atoms with van der Waals surface area (Å²) in [6.45, 7) is 6.03. The van der Waals surface area contributed by atoms with Crippen LogP contribution in [-0.2, 0) is 9.53 Å². The summed E-state index contributed by atoms with van der Waals surface area (Å²) in [7, 11) is 4.69. The van der Waals surface area contributed by atoms with Crippen molar-refractivity contribution in [2.75, 3.05) is 54.1 Å². The topological polar surface area (TPSA) is 101 Å². The number of methoxy groups -OCH3 is 2. The number of piperazine rings is 1. The second kappa shape index (κ2) is 11.9. The number of carbonyl (C=O) groups is 3. The molecule has 11 heteroatoms. The van der Waals surface area contributed by atoms with Gasteiger partial charge in [-0.25, -0.2) is 9.59 Å². The van der Waals surface area contributed by atoms with Gasteiger partial charge in [0.05, 0.1) is 37.3 Å². The summed E-state index contributed by atoms with van der Waals surface area (Å²) >= 11 is 1.43. The van der Waals surface area contributed by atoms with Crippen LogP contribution in [-0.4, -0.2) is 92.7 Å².